The lowest BCUT2D eigenvalue weighted by Crippen LogP contribution is -2.53. The summed E-state index contributed by atoms with van der Waals surface area (Å²) in [7, 11) is 0. The molecule has 8 rings (SSSR count). The number of rotatable bonds is 17. The average molecular weight is 909 g/mol. The van der Waals surface area contributed by atoms with E-state index in [1.54, 1.807) is 6.08 Å². The normalized spacial score (nSPS) is 24.6. The largest absolute Gasteiger partial charge is 0.491 e. The number of carbonyl (C=O) groups is 1. The summed E-state index contributed by atoms with van der Waals surface area (Å²) in [5.74, 6) is 1.85. The summed E-state index contributed by atoms with van der Waals surface area (Å²) < 4.78 is 29.5. The lowest BCUT2D eigenvalue weighted by atomic mass is 9.87. The molecule has 0 spiro atoms. The molecule has 4 aromatic rings. The predicted molar refractivity (Wildman–Crippen MR) is 257 cm³/mol. The lowest BCUT2D eigenvalue weighted by Gasteiger charge is -2.43. The number of piperidine rings is 2. The summed E-state index contributed by atoms with van der Waals surface area (Å²) in [4.78, 5) is 13.4. The first-order valence-electron chi connectivity index (χ1n) is 23.8. The number of allylic oxidation sites excluding steroid dienone is 1. The van der Waals surface area contributed by atoms with Gasteiger partial charge in [0.15, 0.2) is 0 Å². The van der Waals surface area contributed by atoms with Gasteiger partial charge in [-0.1, -0.05) is 48.9 Å². The number of benzene rings is 4. The third-order valence-corrected chi connectivity index (χ3v) is 14.0. The third kappa shape index (κ3) is 11.1. The zero-order valence-electron chi connectivity index (χ0n) is 39.7. The quantitative estimate of drug-likeness (QED) is 0.0331. The second kappa shape index (κ2) is 20.8. The highest BCUT2D eigenvalue weighted by Crippen LogP contribution is 2.52. The van der Waals surface area contributed by atoms with Gasteiger partial charge in [-0.25, -0.2) is 0 Å². The van der Waals surface area contributed by atoms with Crippen LogP contribution in [-0.4, -0.2) is 84.4 Å². The second-order valence-corrected chi connectivity index (χ2v) is 19.9. The van der Waals surface area contributed by atoms with Crippen LogP contribution < -0.4 is 14.4 Å². The van der Waals surface area contributed by atoms with E-state index in [0.717, 1.165) is 64.3 Å². The highest BCUT2D eigenvalue weighted by molar-refractivity contribution is 5.92. The molecule has 0 bridgehead atoms. The van der Waals surface area contributed by atoms with Gasteiger partial charge < -0.3 is 28.6 Å². The monoisotopic (exact) mass is 908 g/mol. The Balaban J connectivity index is 0.977. The van der Waals surface area contributed by atoms with E-state index in [0.29, 0.717) is 64.1 Å². The fourth-order valence-corrected chi connectivity index (χ4v) is 10.9. The van der Waals surface area contributed by atoms with Gasteiger partial charge in [0.2, 0.25) is 5.76 Å². The fourth-order valence-electron chi connectivity index (χ4n) is 10.9. The molecule has 6 unspecified atom stereocenters. The first-order chi connectivity index (χ1) is 32.2. The zero-order valence-corrected chi connectivity index (χ0v) is 39.7. The van der Waals surface area contributed by atoms with Crippen molar-refractivity contribution in [3.05, 3.63) is 125 Å². The van der Waals surface area contributed by atoms with Gasteiger partial charge in [0.25, 0.3) is 6.47 Å². The molecule has 4 aliphatic rings. The Labute approximate surface area is 395 Å². The molecule has 12 nitrogen and oxygen atoms in total. The van der Waals surface area contributed by atoms with Crippen molar-refractivity contribution in [2.75, 3.05) is 31.3 Å². The minimum Gasteiger partial charge on any atom is -0.491 e. The molecule has 0 aromatic heterocycles. The molecule has 3 heterocycles. The van der Waals surface area contributed by atoms with Crippen LogP contribution in [0.15, 0.2) is 96.8 Å². The molecule has 67 heavy (non-hydrogen) atoms. The highest BCUT2D eigenvalue weighted by atomic mass is 16.5. The molecule has 2 saturated heterocycles. The van der Waals surface area contributed by atoms with Crippen LogP contribution >= 0.6 is 0 Å². The van der Waals surface area contributed by atoms with Gasteiger partial charge in [0.05, 0.1) is 25.4 Å². The van der Waals surface area contributed by atoms with E-state index in [2.05, 4.69) is 71.6 Å². The molecule has 352 valence electrons. The topological polar surface area (TPSA) is 137 Å². The first kappa shape index (κ1) is 48.0. The van der Waals surface area contributed by atoms with Crippen molar-refractivity contribution < 1.29 is 38.9 Å². The van der Waals surface area contributed by atoms with Crippen LogP contribution in [0.25, 0.3) is 17.7 Å². The van der Waals surface area contributed by atoms with Crippen molar-refractivity contribution in [1.82, 2.24) is 10.1 Å². The Bertz CT molecular complexity index is 2340. The number of hydroxylamine groups is 4. The van der Waals surface area contributed by atoms with E-state index >= 15 is 0 Å². The molecular weight excluding hydrogens is 845 g/mol. The second-order valence-electron chi connectivity index (χ2n) is 19.9. The molecular formula is C55H64N4O8. The van der Waals surface area contributed by atoms with Crippen LogP contribution in [0.5, 0.6) is 11.5 Å². The minimum absolute atomic E-state index is 0.0243. The van der Waals surface area contributed by atoms with Gasteiger partial charge in [0.1, 0.15) is 30.8 Å². The van der Waals surface area contributed by atoms with Gasteiger partial charge in [-0.2, -0.15) is 5.26 Å². The van der Waals surface area contributed by atoms with Gasteiger partial charge in [-0.3, -0.25) is 4.79 Å². The summed E-state index contributed by atoms with van der Waals surface area (Å²) >= 11 is 0. The maximum atomic E-state index is 12.5. The number of fused-ring (bicyclic) bond motifs is 3. The van der Waals surface area contributed by atoms with E-state index < -0.39 is 11.1 Å². The van der Waals surface area contributed by atoms with Crippen molar-refractivity contribution in [3.8, 4) is 17.6 Å². The number of hydrogen-bond donors (Lipinski definition) is 0. The van der Waals surface area contributed by atoms with Crippen LogP contribution in [0.2, 0.25) is 0 Å². The minimum atomic E-state index is -0.451. The number of carbonyl (C=O) groups excluding carboxylic acids is 1. The first-order valence-corrected chi connectivity index (χ1v) is 23.8. The Hall–Kier alpha value is -5.52. The van der Waals surface area contributed by atoms with Gasteiger partial charge in [-0.05, 0) is 174 Å². The van der Waals surface area contributed by atoms with Crippen molar-refractivity contribution >= 4 is 35.6 Å². The zero-order chi connectivity index (χ0) is 47.3. The van der Waals surface area contributed by atoms with Crippen LogP contribution in [-0.2, 0) is 29.4 Å². The third-order valence-electron chi connectivity index (χ3n) is 14.0. The number of hydrogen-bond acceptors (Lipinski definition) is 10. The maximum absolute atomic E-state index is 12.5. The van der Waals surface area contributed by atoms with Gasteiger partial charge >= 0.3 is 0 Å². The van der Waals surface area contributed by atoms with Crippen molar-refractivity contribution in [1.29, 1.82) is 5.26 Å². The van der Waals surface area contributed by atoms with Gasteiger partial charge in [-0.15, -0.1) is 20.5 Å². The Kier molecular flexibility index (Phi) is 14.9. The van der Waals surface area contributed by atoms with Crippen LogP contribution in [0.3, 0.4) is 0 Å². The van der Waals surface area contributed by atoms with E-state index in [1.165, 1.54) is 21.4 Å². The van der Waals surface area contributed by atoms with Crippen LogP contribution in [0, 0.1) is 11.3 Å². The van der Waals surface area contributed by atoms with Crippen molar-refractivity contribution in [2.45, 2.75) is 134 Å². The molecule has 3 fully saturated rings. The molecule has 1 saturated carbocycles. The number of nitriles is 1. The van der Waals surface area contributed by atoms with E-state index in [-0.39, 0.29) is 36.5 Å². The predicted octanol–water partition coefficient (Wildman–Crippen LogP) is 10.8. The van der Waals surface area contributed by atoms with E-state index in [9.17, 15) is 20.5 Å². The molecule has 3 aliphatic heterocycles. The standard InChI is InChI=1S/C55H64N4O8/c1-37-28-46(33-54(3,4)58(37)61)65-26-24-63-44-19-13-41(14-20-44)50(42-15-21-45(22-16-42)64-25-27-66-47-29-38(2)59(62)55(5,6)34-47)31-39-10-17-43(18-11-39)57-52-9-7-8-49(52)51-32-40(12-23-53(51)57)30-48(35-56)67-36-60/h10-23,30-32,36-38,46-47,49,52H,7-9,24-29,33-34H2,1-6H3/b48-30-,50-31?. The number of nitrogens with zero attached hydrogens (tertiary/aromatic N) is 4. The molecule has 6 atom stereocenters. The molecule has 0 N–H and O–H groups in total. The Morgan fingerprint density at radius 2 is 1.24 bits per heavy atom. The van der Waals surface area contributed by atoms with Crippen molar-refractivity contribution in [2.24, 2.45) is 0 Å². The van der Waals surface area contributed by atoms with E-state index in [1.807, 2.05) is 77.9 Å². The SMILES string of the molecule is CC1CC(OCCOc2ccc(C(=Cc3ccc(N4c5ccc(/C=C(/C#N)OC=O)cc5C5CCCC54)cc3)c3ccc(OCCOC4CC(C)N([O])C(C)(C)C4)cc3)cc2)CC(C)(C)N1[O]. The average Bonchev–Trinajstić information content (AvgIpc) is 3.91. The fraction of sp³-hybridized carbons (Fsp3) is 0.455. The lowest BCUT2D eigenvalue weighted by molar-refractivity contribution is -0.270. The van der Waals surface area contributed by atoms with Crippen molar-refractivity contribution in [3.63, 3.8) is 0 Å². The molecule has 2 radical (unpaired) electrons. The Morgan fingerprint density at radius 1 is 0.701 bits per heavy atom. The van der Waals surface area contributed by atoms with Gasteiger partial charge in [0, 0.05) is 46.5 Å². The highest BCUT2D eigenvalue weighted by Gasteiger charge is 2.43. The summed E-state index contributed by atoms with van der Waals surface area (Å²) in [5.41, 5.74) is 7.63. The number of anilines is 2. The summed E-state index contributed by atoms with van der Waals surface area (Å²) in [5, 5.41) is 36.8. The smallest absolute Gasteiger partial charge is 0.299 e. The molecule has 0 amide bonds. The van der Waals surface area contributed by atoms with E-state index in [4.69, 9.17) is 23.7 Å². The summed E-state index contributed by atoms with van der Waals surface area (Å²) in [6.07, 6.45) is 10.0. The molecule has 1 aliphatic carbocycles. The Morgan fingerprint density at radius 3 is 1.75 bits per heavy atom. The number of ether oxygens (including phenoxy) is 5. The summed E-state index contributed by atoms with van der Waals surface area (Å²) in [6, 6.07) is 33.4. The van der Waals surface area contributed by atoms with Crippen LogP contribution in [0.1, 0.15) is 120 Å². The summed E-state index contributed by atoms with van der Waals surface area (Å²) in [6.45, 7) is 13.8. The maximum Gasteiger partial charge on any atom is 0.299 e. The molecule has 12 heteroatoms. The molecule has 4 aromatic carbocycles. The van der Waals surface area contributed by atoms with Crippen LogP contribution in [0.4, 0.5) is 11.4 Å².